The van der Waals surface area contributed by atoms with E-state index in [9.17, 15) is 14.4 Å². The normalized spacial score (nSPS) is 12.8. The third-order valence-corrected chi connectivity index (χ3v) is 5.33. The summed E-state index contributed by atoms with van der Waals surface area (Å²) in [5.41, 5.74) is 3.98. The Morgan fingerprint density at radius 3 is 2.57 bits per heavy atom. The molecule has 0 saturated heterocycles. The molecule has 2 aromatic carbocycles. The molecular formula is C27H23N3O5. The van der Waals surface area contributed by atoms with Crippen molar-refractivity contribution in [2.45, 2.75) is 19.3 Å². The van der Waals surface area contributed by atoms with Crippen LogP contribution in [-0.2, 0) is 16.0 Å². The molecule has 176 valence electrons. The number of carboxylic acid groups (broad SMARTS) is 1. The fourth-order valence-corrected chi connectivity index (χ4v) is 3.55. The average molecular weight is 469 g/mol. The van der Waals surface area contributed by atoms with E-state index in [4.69, 9.17) is 9.63 Å². The molecule has 0 unspecified atom stereocenters. The molecule has 0 aliphatic heterocycles. The number of benzene rings is 2. The van der Waals surface area contributed by atoms with Gasteiger partial charge in [-0.25, -0.2) is 0 Å². The lowest BCUT2D eigenvalue weighted by Crippen LogP contribution is -2.28. The van der Waals surface area contributed by atoms with Gasteiger partial charge in [0.25, 0.3) is 11.8 Å². The van der Waals surface area contributed by atoms with E-state index in [-0.39, 0.29) is 18.2 Å². The molecule has 1 aliphatic rings. The third kappa shape index (κ3) is 6.20. The zero-order chi connectivity index (χ0) is 24.6. The molecule has 4 rings (SSSR count). The van der Waals surface area contributed by atoms with E-state index in [1.807, 2.05) is 12.1 Å². The Balaban J connectivity index is 1.46. The van der Waals surface area contributed by atoms with Crippen LogP contribution in [0.25, 0.3) is 11.3 Å². The topological polar surface area (TPSA) is 122 Å². The van der Waals surface area contributed by atoms with Crippen molar-refractivity contribution in [3.8, 4) is 11.3 Å². The summed E-state index contributed by atoms with van der Waals surface area (Å²) in [6, 6.07) is 15.7. The Kier molecular flexibility index (Phi) is 7.32. The Morgan fingerprint density at radius 2 is 1.83 bits per heavy atom. The van der Waals surface area contributed by atoms with Crippen LogP contribution in [0, 0.1) is 0 Å². The van der Waals surface area contributed by atoms with Crippen LogP contribution < -0.4 is 10.6 Å². The van der Waals surface area contributed by atoms with Gasteiger partial charge >= 0.3 is 5.97 Å². The predicted molar refractivity (Wildman–Crippen MR) is 130 cm³/mol. The maximum Gasteiger partial charge on any atom is 0.303 e. The van der Waals surface area contributed by atoms with Crippen molar-refractivity contribution in [2.24, 2.45) is 0 Å². The largest absolute Gasteiger partial charge is 0.481 e. The summed E-state index contributed by atoms with van der Waals surface area (Å²) in [7, 11) is 0. The van der Waals surface area contributed by atoms with Gasteiger partial charge in [0, 0.05) is 29.3 Å². The van der Waals surface area contributed by atoms with Crippen LogP contribution in [0.2, 0.25) is 0 Å². The second-order valence-corrected chi connectivity index (χ2v) is 7.83. The summed E-state index contributed by atoms with van der Waals surface area (Å²) in [5.74, 6) is -1.62. The smallest absolute Gasteiger partial charge is 0.303 e. The Hall–Kier alpha value is -4.72. The summed E-state index contributed by atoms with van der Waals surface area (Å²) in [4.78, 5) is 36.8. The molecule has 0 saturated carbocycles. The SMILES string of the molecule is O=C(O)CCc1cccc(NC(=O)C2=CC=CCC=C2NC(=O)c2ccc(-c3ccon3)cc2)c1. The van der Waals surface area contributed by atoms with Gasteiger partial charge in [-0.1, -0.05) is 47.7 Å². The standard InChI is InChI=1S/C27H23N3O5/c31-25(32)14-9-18-5-4-6-21(17-18)28-27(34)22-7-2-1-3-8-24(22)29-26(33)20-12-10-19(11-13-20)23-15-16-35-30-23/h1-2,4-8,10-13,15-17H,3,9,14H2,(H,28,34)(H,29,33)(H,31,32). The zero-order valence-corrected chi connectivity index (χ0v) is 18.7. The molecule has 3 N–H and O–H groups in total. The van der Waals surface area contributed by atoms with Crippen LogP contribution in [0.15, 0.2) is 101 Å². The number of rotatable bonds is 8. The van der Waals surface area contributed by atoms with Gasteiger partial charge in [-0.3, -0.25) is 14.4 Å². The van der Waals surface area contributed by atoms with E-state index < -0.39 is 5.97 Å². The highest BCUT2D eigenvalue weighted by Crippen LogP contribution is 2.20. The van der Waals surface area contributed by atoms with Gasteiger partial charge < -0.3 is 20.3 Å². The summed E-state index contributed by atoms with van der Waals surface area (Å²) in [6.07, 6.45) is 9.47. The molecule has 8 heteroatoms. The zero-order valence-electron chi connectivity index (χ0n) is 18.7. The van der Waals surface area contributed by atoms with Gasteiger partial charge in [0.2, 0.25) is 0 Å². The minimum atomic E-state index is -0.881. The van der Waals surface area contributed by atoms with E-state index in [1.165, 1.54) is 6.26 Å². The number of carbonyl (C=O) groups is 3. The number of nitrogens with zero attached hydrogens (tertiary/aromatic N) is 1. The van der Waals surface area contributed by atoms with Crippen LogP contribution in [-0.4, -0.2) is 28.0 Å². The quantitative estimate of drug-likeness (QED) is 0.447. The predicted octanol–water partition coefficient (Wildman–Crippen LogP) is 4.50. The van der Waals surface area contributed by atoms with Crippen molar-refractivity contribution in [3.05, 3.63) is 108 Å². The number of anilines is 1. The van der Waals surface area contributed by atoms with E-state index in [2.05, 4.69) is 15.8 Å². The van der Waals surface area contributed by atoms with E-state index in [0.29, 0.717) is 41.1 Å². The monoisotopic (exact) mass is 469 g/mol. The van der Waals surface area contributed by atoms with Crippen LogP contribution in [0.4, 0.5) is 5.69 Å². The first-order valence-electron chi connectivity index (χ1n) is 11.0. The number of hydrogen-bond donors (Lipinski definition) is 3. The van der Waals surface area contributed by atoms with Gasteiger partial charge in [-0.2, -0.15) is 0 Å². The maximum atomic E-state index is 13.1. The van der Waals surface area contributed by atoms with Crippen molar-refractivity contribution >= 4 is 23.5 Å². The highest BCUT2D eigenvalue weighted by atomic mass is 16.5. The van der Waals surface area contributed by atoms with Gasteiger partial charge in [0.05, 0.1) is 11.3 Å². The number of allylic oxidation sites excluding steroid dienone is 4. The van der Waals surface area contributed by atoms with E-state index in [1.54, 1.807) is 66.8 Å². The molecule has 2 amide bonds. The number of carbonyl (C=O) groups excluding carboxylic acids is 2. The first-order valence-corrected chi connectivity index (χ1v) is 11.0. The second kappa shape index (κ2) is 10.9. The number of aryl methyl sites for hydroxylation is 1. The van der Waals surface area contributed by atoms with Crippen molar-refractivity contribution in [1.82, 2.24) is 10.5 Å². The van der Waals surface area contributed by atoms with Gasteiger partial charge in [0.1, 0.15) is 12.0 Å². The van der Waals surface area contributed by atoms with Gasteiger partial charge in [0.15, 0.2) is 0 Å². The lowest BCUT2D eigenvalue weighted by atomic mass is 10.1. The van der Waals surface area contributed by atoms with Gasteiger partial charge in [-0.05, 0) is 48.7 Å². The second-order valence-electron chi connectivity index (χ2n) is 7.83. The molecule has 1 aromatic heterocycles. The minimum absolute atomic E-state index is 0.00579. The van der Waals surface area contributed by atoms with Crippen LogP contribution in [0.3, 0.4) is 0 Å². The summed E-state index contributed by atoms with van der Waals surface area (Å²) in [5, 5.41) is 18.5. The molecule has 0 fully saturated rings. The summed E-state index contributed by atoms with van der Waals surface area (Å²) >= 11 is 0. The Labute approximate surface area is 201 Å². The molecular weight excluding hydrogens is 446 g/mol. The van der Waals surface area contributed by atoms with Crippen LogP contribution >= 0.6 is 0 Å². The minimum Gasteiger partial charge on any atom is -0.481 e. The van der Waals surface area contributed by atoms with Gasteiger partial charge in [-0.15, -0.1) is 0 Å². The maximum absolute atomic E-state index is 13.1. The lowest BCUT2D eigenvalue weighted by molar-refractivity contribution is -0.137. The Bertz CT molecular complexity index is 1320. The summed E-state index contributed by atoms with van der Waals surface area (Å²) in [6.45, 7) is 0. The number of hydrogen-bond acceptors (Lipinski definition) is 5. The Morgan fingerprint density at radius 1 is 1.00 bits per heavy atom. The van der Waals surface area contributed by atoms with E-state index >= 15 is 0 Å². The molecule has 3 aromatic rings. The van der Waals surface area contributed by atoms with Crippen molar-refractivity contribution in [1.29, 1.82) is 0 Å². The number of carboxylic acids is 1. The molecule has 0 radical (unpaired) electrons. The molecule has 35 heavy (non-hydrogen) atoms. The highest BCUT2D eigenvalue weighted by molar-refractivity contribution is 6.08. The molecule has 0 spiro atoms. The number of amides is 2. The highest BCUT2D eigenvalue weighted by Gasteiger charge is 2.18. The van der Waals surface area contributed by atoms with Crippen LogP contribution in [0.5, 0.6) is 0 Å². The number of aromatic nitrogens is 1. The third-order valence-electron chi connectivity index (χ3n) is 5.33. The van der Waals surface area contributed by atoms with Crippen LogP contribution in [0.1, 0.15) is 28.8 Å². The lowest BCUT2D eigenvalue weighted by Gasteiger charge is -2.14. The van der Waals surface area contributed by atoms with E-state index in [0.717, 1.165) is 11.1 Å². The van der Waals surface area contributed by atoms with Crippen molar-refractivity contribution in [3.63, 3.8) is 0 Å². The fraction of sp³-hybridized carbons (Fsp3) is 0.111. The number of nitrogens with one attached hydrogen (secondary N) is 2. The molecule has 1 aliphatic carbocycles. The van der Waals surface area contributed by atoms with Crippen molar-refractivity contribution < 1.29 is 24.0 Å². The average Bonchev–Trinajstić information content (AvgIpc) is 3.30. The fourth-order valence-electron chi connectivity index (χ4n) is 3.55. The summed E-state index contributed by atoms with van der Waals surface area (Å²) < 4.78 is 4.85. The first kappa shape index (κ1) is 23.4. The molecule has 1 heterocycles. The van der Waals surface area contributed by atoms with Crippen molar-refractivity contribution in [2.75, 3.05) is 5.32 Å². The number of aliphatic carboxylic acids is 1. The molecule has 8 nitrogen and oxygen atoms in total. The molecule has 0 bridgehead atoms. The molecule has 0 atom stereocenters. The first-order chi connectivity index (χ1) is 17.0.